The van der Waals surface area contributed by atoms with Gasteiger partial charge in [-0.25, -0.2) is 4.98 Å². The highest BCUT2D eigenvalue weighted by Gasteiger charge is 2.23. The molecule has 5 nitrogen and oxygen atoms in total. The molecule has 0 aliphatic heterocycles. The van der Waals surface area contributed by atoms with Crippen molar-refractivity contribution in [3.63, 3.8) is 0 Å². The molecule has 4 rings (SSSR count). The number of pyridine rings is 1. The van der Waals surface area contributed by atoms with Gasteiger partial charge in [0, 0.05) is 12.4 Å². The Morgan fingerprint density at radius 2 is 2.11 bits per heavy atom. The van der Waals surface area contributed by atoms with E-state index in [9.17, 15) is 4.79 Å². The molecule has 0 saturated carbocycles. The molecule has 0 atom stereocenters. The molecule has 0 saturated heterocycles. The molecule has 0 N–H and O–H groups in total. The molecule has 0 spiro atoms. The van der Waals surface area contributed by atoms with Gasteiger partial charge < -0.3 is 4.74 Å². The molecule has 1 aromatic carbocycles. The summed E-state index contributed by atoms with van der Waals surface area (Å²) in [6.07, 6.45) is 3.46. The molecule has 27 heavy (non-hydrogen) atoms. The molecule has 3 aromatic heterocycles. The number of halogens is 1. The summed E-state index contributed by atoms with van der Waals surface area (Å²) >= 11 is 8.73. The predicted octanol–water partition coefficient (Wildman–Crippen LogP) is 5.26. The Morgan fingerprint density at radius 3 is 2.81 bits per heavy atom. The molecule has 8 heteroatoms. The number of hydrogen-bond donors (Lipinski definition) is 0. The Kier molecular flexibility index (Phi) is 5.07. The van der Waals surface area contributed by atoms with E-state index in [0.29, 0.717) is 20.9 Å². The minimum atomic E-state index is -0.137. The van der Waals surface area contributed by atoms with Crippen molar-refractivity contribution < 1.29 is 9.53 Å². The summed E-state index contributed by atoms with van der Waals surface area (Å²) in [5.74, 6) is 0.620. The van der Waals surface area contributed by atoms with Gasteiger partial charge in [-0.1, -0.05) is 29.0 Å². The van der Waals surface area contributed by atoms with Crippen molar-refractivity contribution in [1.82, 2.24) is 9.97 Å². The van der Waals surface area contributed by atoms with Gasteiger partial charge in [-0.2, -0.15) is 0 Å². The Bertz CT molecular complexity index is 1090. The lowest BCUT2D eigenvalue weighted by molar-refractivity contribution is 0.0989. The van der Waals surface area contributed by atoms with Crippen LogP contribution >= 0.6 is 34.3 Å². The average Bonchev–Trinajstić information content (AvgIpc) is 3.31. The van der Waals surface area contributed by atoms with Crippen LogP contribution in [0.4, 0.5) is 5.13 Å². The van der Waals surface area contributed by atoms with Crippen LogP contribution in [0.25, 0.3) is 10.2 Å². The number of nitrogens with zero attached hydrogens (tertiary/aromatic N) is 3. The van der Waals surface area contributed by atoms with Crippen LogP contribution in [0.15, 0.2) is 54.9 Å². The Balaban J connectivity index is 1.75. The lowest BCUT2D eigenvalue weighted by atomic mass is 10.2. The van der Waals surface area contributed by atoms with Gasteiger partial charge in [-0.05, 0) is 42.0 Å². The predicted molar refractivity (Wildman–Crippen MR) is 110 cm³/mol. The number of carbonyl (C=O) groups is 1. The summed E-state index contributed by atoms with van der Waals surface area (Å²) in [6.45, 7) is 0.374. The van der Waals surface area contributed by atoms with Crippen LogP contribution in [-0.4, -0.2) is 23.0 Å². The van der Waals surface area contributed by atoms with Gasteiger partial charge in [0.25, 0.3) is 5.91 Å². The first-order valence-electron chi connectivity index (χ1n) is 8.05. The molecule has 0 aliphatic carbocycles. The van der Waals surface area contributed by atoms with E-state index in [1.54, 1.807) is 36.5 Å². The normalized spacial score (nSPS) is 10.9. The van der Waals surface area contributed by atoms with Crippen LogP contribution in [-0.2, 0) is 6.54 Å². The van der Waals surface area contributed by atoms with Crippen LogP contribution in [0.1, 0.15) is 15.2 Å². The number of fused-ring (bicyclic) bond motifs is 1. The van der Waals surface area contributed by atoms with Crippen molar-refractivity contribution in [1.29, 1.82) is 0 Å². The summed E-state index contributed by atoms with van der Waals surface area (Å²) < 4.78 is 6.82. The van der Waals surface area contributed by atoms with Gasteiger partial charge in [0.2, 0.25) is 0 Å². The maximum Gasteiger partial charge on any atom is 0.270 e. The third-order valence-electron chi connectivity index (χ3n) is 3.91. The summed E-state index contributed by atoms with van der Waals surface area (Å²) in [5.41, 5.74) is 1.74. The van der Waals surface area contributed by atoms with Crippen molar-refractivity contribution >= 4 is 55.5 Å². The Morgan fingerprint density at radius 1 is 1.22 bits per heavy atom. The van der Waals surface area contributed by atoms with Gasteiger partial charge in [0.1, 0.15) is 5.75 Å². The smallest absolute Gasteiger partial charge is 0.270 e. The van der Waals surface area contributed by atoms with E-state index < -0.39 is 0 Å². The average molecular weight is 416 g/mol. The first-order valence-corrected chi connectivity index (χ1v) is 10.1. The highest BCUT2D eigenvalue weighted by atomic mass is 35.5. The van der Waals surface area contributed by atoms with E-state index >= 15 is 0 Å². The number of carbonyl (C=O) groups excluding carboxylic acids is 1. The second-order valence-electron chi connectivity index (χ2n) is 5.69. The number of methoxy groups -OCH3 is 1. The fourth-order valence-electron chi connectivity index (χ4n) is 2.60. The highest BCUT2D eigenvalue weighted by Crippen LogP contribution is 2.34. The molecule has 1 amide bonds. The van der Waals surface area contributed by atoms with Crippen LogP contribution < -0.4 is 9.64 Å². The van der Waals surface area contributed by atoms with E-state index in [4.69, 9.17) is 16.3 Å². The van der Waals surface area contributed by atoms with Crippen LogP contribution in [0.5, 0.6) is 5.75 Å². The molecule has 0 aliphatic rings. The van der Waals surface area contributed by atoms with E-state index in [-0.39, 0.29) is 5.91 Å². The third kappa shape index (κ3) is 3.80. The first kappa shape index (κ1) is 17.9. The lowest BCUT2D eigenvalue weighted by Gasteiger charge is -2.19. The quantitative estimate of drug-likeness (QED) is 0.446. The van der Waals surface area contributed by atoms with Crippen LogP contribution in [0.3, 0.4) is 0 Å². The van der Waals surface area contributed by atoms with Gasteiger partial charge in [0.15, 0.2) is 5.13 Å². The molecule has 0 unspecified atom stereocenters. The minimum absolute atomic E-state index is 0.137. The molecule has 3 heterocycles. The van der Waals surface area contributed by atoms with Crippen molar-refractivity contribution in [2.24, 2.45) is 0 Å². The standard InChI is InChI=1S/C19H14ClN3O2S2/c1-25-13-4-5-14-16(9-13)27-19(22-14)23(11-12-3-2-8-21-10-12)18(24)15-6-7-17(20)26-15/h2-10H,11H2,1H3. The topological polar surface area (TPSA) is 55.3 Å². The zero-order valence-corrected chi connectivity index (χ0v) is 16.6. The van der Waals surface area contributed by atoms with Gasteiger partial charge in [0.05, 0.1) is 33.1 Å². The van der Waals surface area contributed by atoms with Gasteiger partial charge in [-0.3, -0.25) is 14.7 Å². The fraction of sp³-hybridized carbons (Fsp3) is 0.105. The van der Waals surface area contributed by atoms with E-state index in [1.807, 2.05) is 30.3 Å². The maximum absolute atomic E-state index is 13.2. The molecule has 0 bridgehead atoms. The van der Waals surface area contributed by atoms with Gasteiger partial charge >= 0.3 is 0 Å². The molecule has 0 radical (unpaired) electrons. The van der Waals surface area contributed by atoms with Crippen molar-refractivity contribution in [3.8, 4) is 5.75 Å². The molecular weight excluding hydrogens is 402 g/mol. The van der Waals surface area contributed by atoms with Crippen molar-refractivity contribution in [3.05, 3.63) is 69.6 Å². The van der Waals surface area contributed by atoms with Crippen LogP contribution in [0.2, 0.25) is 4.34 Å². The molecule has 136 valence electrons. The molecular formula is C19H14ClN3O2S2. The summed E-state index contributed by atoms with van der Waals surface area (Å²) in [7, 11) is 1.63. The van der Waals surface area contributed by atoms with Gasteiger partial charge in [-0.15, -0.1) is 11.3 Å². The van der Waals surface area contributed by atoms with Crippen LogP contribution in [0, 0.1) is 0 Å². The SMILES string of the molecule is COc1ccc2nc(N(Cc3cccnc3)C(=O)c3ccc(Cl)s3)sc2c1. The zero-order chi connectivity index (χ0) is 18.8. The van der Waals surface area contributed by atoms with E-state index in [2.05, 4.69) is 9.97 Å². The Labute approximate surface area is 168 Å². The summed E-state index contributed by atoms with van der Waals surface area (Å²) in [6, 6.07) is 12.9. The summed E-state index contributed by atoms with van der Waals surface area (Å²) in [4.78, 5) is 24.2. The maximum atomic E-state index is 13.2. The monoisotopic (exact) mass is 415 g/mol. The second kappa shape index (κ2) is 7.64. The fourth-order valence-corrected chi connectivity index (χ4v) is 4.58. The van der Waals surface area contributed by atoms with E-state index in [0.717, 1.165) is 21.5 Å². The van der Waals surface area contributed by atoms with Crippen molar-refractivity contribution in [2.45, 2.75) is 6.54 Å². The number of anilines is 1. The molecule has 0 fully saturated rings. The number of thiophene rings is 1. The van der Waals surface area contributed by atoms with E-state index in [1.165, 1.54) is 22.7 Å². The second-order valence-corrected chi connectivity index (χ2v) is 8.41. The first-order chi connectivity index (χ1) is 13.1. The number of amides is 1. The minimum Gasteiger partial charge on any atom is -0.497 e. The Hall–Kier alpha value is -2.48. The number of ether oxygens (including phenoxy) is 1. The third-order valence-corrected chi connectivity index (χ3v) is 6.17. The largest absolute Gasteiger partial charge is 0.497 e. The number of benzene rings is 1. The zero-order valence-electron chi connectivity index (χ0n) is 14.3. The number of aromatic nitrogens is 2. The lowest BCUT2D eigenvalue weighted by Crippen LogP contribution is -2.29. The highest BCUT2D eigenvalue weighted by molar-refractivity contribution is 7.22. The number of hydrogen-bond acceptors (Lipinski definition) is 6. The summed E-state index contributed by atoms with van der Waals surface area (Å²) in [5, 5.41) is 0.622. The molecule has 4 aromatic rings. The number of thiazole rings is 1. The number of rotatable bonds is 5. The van der Waals surface area contributed by atoms with Crippen molar-refractivity contribution in [2.75, 3.05) is 12.0 Å².